The number of hydrogen-bond donors (Lipinski definition) is 2. The number of benzene rings is 1. The Morgan fingerprint density at radius 1 is 1.53 bits per heavy atom. The van der Waals surface area contributed by atoms with Gasteiger partial charge in [0.2, 0.25) is 0 Å². The van der Waals surface area contributed by atoms with Gasteiger partial charge in [-0.2, -0.15) is 0 Å². The third-order valence-corrected chi connectivity index (χ3v) is 3.51. The first-order valence-electron chi connectivity index (χ1n) is 6.01. The van der Waals surface area contributed by atoms with Crippen LogP contribution in [0.25, 0.3) is 0 Å². The first-order chi connectivity index (χ1) is 8.08. The van der Waals surface area contributed by atoms with Crippen LogP contribution in [0.4, 0.5) is 10.1 Å². The van der Waals surface area contributed by atoms with Crippen LogP contribution in [-0.4, -0.2) is 29.2 Å². The number of β-amino-alcohol motifs (C(OH)–C–C–N with tert-alkyl or cyclic N) is 1. The fourth-order valence-corrected chi connectivity index (χ4v) is 2.22. The molecule has 2 atom stereocenters. The first-order valence-corrected chi connectivity index (χ1v) is 6.01. The molecule has 1 saturated heterocycles. The molecule has 17 heavy (non-hydrogen) atoms. The summed E-state index contributed by atoms with van der Waals surface area (Å²) in [6, 6.07) is 5.07. The van der Waals surface area contributed by atoms with E-state index in [4.69, 9.17) is 5.73 Å². The van der Waals surface area contributed by atoms with E-state index in [1.807, 2.05) is 6.92 Å². The summed E-state index contributed by atoms with van der Waals surface area (Å²) in [4.78, 5) is 2.07. The summed E-state index contributed by atoms with van der Waals surface area (Å²) in [6.45, 7) is 4.06. The maximum absolute atomic E-state index is 13.7. The van der Waals surface area contributed by atoms with Gasteiger partial charge in [-0.25, -0.2) is 4.39 Å². The van der Waals surface area contributed by atoms with E-state index in [1.54, 1.807) is 18.2 Å². The molecule has 1 fully saturated rings. The number of likely N-dealkylation sites (tertiary alicyclic amines) is 1. The molecule has 3 nitrogen and oxygen atoms in total. The van der Waals surface area contributed by atoms with Crippen molar-refractivity contribution in [2.24, 2.45) is 5.92 Å². The topological polar surface area (TPSA) is 49.5 Å². The van der Waals surface area contributed by atoms with Crippen molar-refractivity contribution < 1.29 is 9.50 Å². The van der Waals surface area contributed by atoms with Crippen molar-refractivity contribution in [1.29, 1.82) is 0 Å². The molecule has 2 unspecified atom stereocenters. The predicted molar refractivity (Wildman–Crippen MR) is 65.9 cm³/mol. The van der Waals surface area contributed by atoms with Crippen molar-refractivity contribution in [2.75, 3.05) is 18.8 Å². The number of aliphatic hydroxyl groups excluding tert-OH is 1. The normalized spacial score (nSPS) is 26.1. The van der Waals surface area contributed by atoms with Gasteiger partial charge in [-0.15, -0.1) is 0 Å². The largest absolute Gasteiger partial charge is 0.396 e. The maximum atomic E-state index is 13.7. The number of anilines is 1. The third kappa shape index (κ3) is 2.76. The van der Waals surface area contributed by atoms with Crippen molar-refractivity contribution in [1.82, 2.24) is 4.90 Å². The summed E-state index contributed by atoms with van der Waals surface area (Å²) >= 11 is 0. The van der Waals surface area contributed by atoms with E-state index in [-0.39, 0.29) is 17.6 Å². The second-order valence-corrected chi connectivity index (χ2v) is 4.89. The molecular formula is C13H19FN2O. The first kappa shape index (κ1) is 12.3. The zero-order valence-corrected chi connectivity index (χ0v) is 10.1. The van der Waals surface area contributed by atoms with E-state index in [9.17, 15) is 9.50 Å². The highest BCUT2D eigenvalue weighted by atomic mass is 19.1. The lowest BCUT2D eigenvalue weighted by Crippen LogP contribution is -2.42. The minimum Gasteiger partial charge on any atom is -0.396 e. The van der Waals surface area contributed by atoms with Crippen molar-refractivity contribution in [3.63, 3.8) is 0 Å². The molecule has 1 aromatic carbocycles. The third-order valence-electron chi connectivity index (χ3n) is 3.51. The monoisotopic (exact) mass is 238 g/mol. The van der Waals surface area contributed by atoms with Crippen molar-refractivity contribution in [3.8, 4) is 0 Å². The number of aliphatic hydroxyl groups is 1. The van der Waals surface area contributed by atoms with Gasteiger partial charge in [-0.05, 0) is 24.9 Å². The molecule has 0 aliphatic carbocycles. The highest BCUT2D eigenvalue weighted by molar-refractivity contribution is 5.42. The maximum Gasteiger partial charge on any atom is 0.150 e. The minimum atomic E-state index is -0.333. The van der Waals surface area contributed by atoms with Gasteiger partial charge < -0.3 is 10.8 Å². The number of nitrogens with two attached hydrogens (primary N) is 1. The molecule has 1 aliphatic rings. The van der Waals surface area contributed by atoms with Crippen LogP contribution in [0.15, 0.2) is 18.2 Å². The van der Waals surface area contributed by atoms with Crippen LogP contribution in [0.2, 0.25) is 0 Å². The lowest BCUT2D eigenvalue weighted by atomic mass is 9.95. The number of rotatable bonds is 2. The summed E-state index contributed by atoms with van der Waals surface area (Å²) < 4.78 is 13.7. The molecule has 4 heteroatoms. The number of nitrogen functional groups attached to an aromatic ring is 1. The van der Waals surface area contributed by atoms with Crippen molar-refractivity contribution in [2.45, 2.75) is 26.0 Å². The SMILES string of the molecule is CC1CCN(Cc2cccc(N)c2F)CC1O. The Morgan fingerprint density at radius 3 is 3.00 bits per heavy atom. The molecule has 3 N–H and O–H groups in total. The van der Waals surface area contributed by atoms with Crippen LogP contribution in [0.1, 0.15) is 18.9 Å². The minimum absolute atomic E-state index is 0.188. The zero-order chi connectivity index (χ0) is 12.4. The number of hydrogen-bond acceptors (Lipinski definition) is 3. The summed E-state index contributed by atoms with van der Waals surface area (Å²) in [7, 11) is 0. The van der Waals surface area contributed by atoms with Crippen LogP contribution in [0, 0.1) is 11.7 Å². The number of nitrogens with zero attached hydrogens (tertiary/aromatic N) is 1. The molecular weight excluding hydrogens is 219 g/mol. The lowest BCUT2D eigenvalue weighted by molar-refractivity contribution is 0.0255. The van der Waals surface area contributed by atoms with E-state index in [1.165, 1.54) is 0 Å². The molecule has 1 heterocycles. The van der Waals surface area contributed by atoms with Gasteiger partial charge in [-0.3, -0.25) is 4.90 Å². The molecule has 0 saturated carbocycles. The average molecular weight is 238 g/mol. The zero-order valence-electron chi connectivity index (χ0n) is 10.1. The lowest BCUT2D eigenvalue weighted by Gasteiger charge is -2.34. The fraction of sp³-hybridized carbons (Fsp3) is 0.538. The Labute approximate surface area is 101 Å². The van der Waals surface area contributed by atoms with Crippen LogP contribution in [0.3, 0.4) is 0 Å². The average Bonchev–Trinajstić information content (AvgIpc) is 2.30. The van der Waals surface area contributed by atoms with Crippen molar-refractivity contribution >= 4 is 5.69 Å². The molecule has 0 aromatic heterocycles. The predicted octanol–water partition coefficient (Wildman–Crippen LogP) is 1.61. The van der Waals surface area contributed by atoms with Gasteiger partial charge in [0.15, 0.2) is 5.82 Å². The second-order valence-electron chi connectivity index (χ2n) is 4.89. The Bertz CT molecular complexity index is 397. The summed E-state index contributed by atoms with van der Waals surface area (Å²) in [6.07, 6.45) is 0.637. The highest BCUT2D eigenvalue weighted by Crippen LogP contribution is 2.21. The van der Waals surface area contributed by atoms with Gasteiger partial charge in [0, 0.05) is 18.7 Å². The highest BCUT2D eigenvalue weighted by Gasteiger charge is 2.24. The molecule has 0 radical (unpaired) electrons. The quantitative estimate of drug-likeness (QED) is 0.770. The Hall–Kier alpha value is -1.13. The van der Waals surface area contributed by atoms with Crippen LogP contribution < -0.4 is 5.73 Å². The molecule has 0 spiro atoms. The van der Waals surface area contributed by atoms with Gasteiger partial charge in [0.25, 0.3) is 0 Å². The Morgan fingerprint density at radius 2 is 2.29 bits per heavy atom. The summed E-state index contributed by atoms with van der Waals surface area (Å²) in [5.74, 6) is -0.00227. The van der Waals surface area contributed by atoms with Gasteiger partial charge >= 0.3 is 0 Å². The molecule has 2 rings (SSSR count). The number of piperidine rings is 1. The van der Waals surface area contributed by atoms with Crippen LogP contribution >= 0.6 is 0 Å². The Kier molecular flexibility index (Phi) is 3.64. The van der Waals surface area contributed by atoms with E-state index in [0.717, 1.165) is 13.0 Å². The second kappa shape index (κ2) is 5.02. The molecule has 1 aromatic rings. The smallest absolute Gasteiger partial charge is 0.150 e. The van der Waals surface area contributed by atoms with Gasteiger partial charge in [0.05, 0.1) is 11.8 Å². The van der Waals surface area contributed by atoms with E-state index >= 15 is 0 Å². The Balaban J connectivity index is 2.04. The molecule has 94 valence electrons. The van der Waals surface area contributed by atoms with E-state index in [2.05, 4.69) is 4.90 Å². The van der Waals surface area contributed by atoms with E-state index < -0.39 is 0 Å². The van der Waals surface area contributed by atoms with Crippen molar-refractivity contribution in [3.05, 3.63) is 29.6 Å². The van der Waals surface area contributed by atoms with Gasteiger partial charge in [-0.1, -0.05) is 19.1 Å². The standard InChI is InChI=1S/C13H19FN2O/c1-9-5-6-16(8-12(9)17)7-10-3-2-4-11(15)13(10)14/h2-4,9,12,17H,5-8,15H2,1H3. The molecule has 0 amide bonds. The number of halogens is 1. The fourth-order valence-electron chi connectivity index (χ4n) is 2.22. The molecule has 1 aliphatic heterocycles. The van der Waals surface area contributed by atoms with Crippen LogP contribution in [-0.2, 0) is 6.54 Å². The summed E-state index contributed by atoms with van der Waals surface area (Å²) in [5.41, 5.74) is 6.32. The van der Waals surface area contributed by atoms with E-state index in [0.29, 0.717) is 24.6 Å². The summed E-state index contributed by atoms with van der Waals surface area (Å²) in [5, 5.41) is 9.79. The van der Waals surface area contributed by atoms with Gasteiger partial charge in [0.1, 0.15) is 0 Å². The van der Waals surface area contributed by atoms with Crippen LogP contribution in [0.5, 0.6) is 0 Å². The molecule has 0 bridgehead atoms.